The van der Waals surface area contributed by atoms with Crippen molar-refractivity contribution in [2.24, 2.45) is 0 Å². The van der Waals surface area contributed by atoms with Gasteiger partial charge in [-0.2, -0.15) is 0 Å². The third kappa shape index (κ3) is 6.68. The lowest BCUT2D eigenvalue weighted by Crippen LogP contribution is -2.19. The second-order valence-corrected chi connectivity index (χ2v) is 9.13. The van der Waals surface area contributed by atoms with Crippen LogP contribution in [0, 0.1) is 5.82 Å². The maximum atomic E-state index is 13.3. The number of carbonyl (C=O) groups is 2. The Morgan fingerprint density at radius 1 is 0.757 bits per heavy atom. The quantitative estimate of drug-likeness (QED) is 0.246. The van der Waals surface area contributed by atoms with Gasteiger partial charge in [-0.1, -0.05) is 30.3 Å². The first-order chi connectivity index (χ1) is 18.0. The monoisotopic (exact) mass is 516 g/mol. The summed E-state index contributed by atoms with van der Waals surface area (Å²) in [7, 11) is 3.05. The van der Waals surface area contributed by atoms with Gasteiger partial charge < -0.3 is 20.1 Å². The SMILES string of the molecule is COc1ccc(C(=O)Nc2ccc(SC(C(=O)Nc3ccc(F)cc3)c3ccccc3)cc2)cc1OC. The minimum atomic E-state index is -0.543. The van der Waals surface area contributed by atoms with E-state index in [1.54, 1.807) is 30.3 Å². The Morgan fingerprint density at radius 3 is 2.03 bits per heavy atom. The van der Waals surface area contributed by atoms with Gasteiger partial charge in [0, 0.05) is 21.8 Å². The number of nitrogens with one attached hydrogen (secondary N) is 2. The molecular weight excluding hydrogens is 491 g/mol. The number of halogens is 1. The number of thioether (sulfide) groups is 1. The van der Waals surface area contributed by atoms with Crippen molar-refractivity contribution in [1.29, 1.82) is 0 Å². The van der Waals surface area contributed by atoms with Crippen molar-refractivity contribution in [1.82, 2.24) is 0 Å². The van der Waals surface area contributed by atoms with Crippen molar-refractivity contribution in [3.63, 3.8) is 0 Å². The molecule has 0 aliphatic heterocycles. The highest BCUT2D eigenvalue weighted by atomic mass is 32.2. The predicted octanol–water partition coefficient (Wildman–Crippen LogP) is 6.57. The molecule has 4 aromatic rings. The van der Waals surface area contributed by atoms with Gasteiger partial charge in [0.2, 0.25) is 5.91 Å². The lowest BCUT2D eigenvalue weighted by atomic mass is 10.1. The first-order valence-corrected chi connectivity index (χ1v) is 12.3. The molecule has 0 heterocycles. The standard InChI is InChI=1S/C29H25FN2O4S/c1-35-25-17-8-20(18-26(25)36-2)28(33)31-23-13-15-24(16-14-23)37-27(19-6-4-3-5-7-19)29(34)32-22-11-9-21(30)10-12-22/h3-18,27H,1-2H3,(H,31,33)(H,32,34). The topological polar surface area (TPSA) is 76.7 Å². The molecule has 1 unspecified atom stereocenters. The van der Waals surface area contributed by atoms with Crippen molar-refractivity contribution in [2.75, 3.05) is 24.9 Å². The lowest BCUT2D eigenvalue weighted by Gasteiger charge is -2.17. The van der Waals surface area contributed by atoms with Crippen molar-refractivity contribution in [3.05, 3.63) is 114 Å². The van der Waals surface area contributed by atoms with Crippen LogP contribution in [-0.2, 0) is 4.79 Å². The number of anilines is 2. The van der Waals surface area contributed by atoms with Crippen LogP contribution in [0.1, 0.15) is 21.2 Å². The molecule has 0 saturated carbocycles. The number of carbonyl (C=O) groups excluding carboxylic acids is 2. The fourth-order valence-corrected chi connectivity index (χ4v) is 4.60. The summed E-state index contributed by atoms with van der Waals surface area (Å²) in [6.45, 7) is 0. The van der Waals surface area contributed by atoms with Crippen LogP contribution in [0.4, 0.5) is 15.8 Å². The Morgan fingerprint density at radius 2 is 1.38 bits per heavy atom. The fraction of sp³-hybridized carbons (Fsp3) is 0.103. The number of methoxy groups -OCH3 is 2. The lowest BCUT2D eigenvalue weighted by molar-refractivity contribution is -0.115. The van der Waals surface area contributed by atoms with E-state index < -0.39 is 5.25 Å². The Kier molecular flexibility index (Phi) is 8.43. The molecule has 0 bridgehead atoms. The largest absolute Gasteiger partial charge is 0.493 e. The van der Waals surface area contributed by atoms with E-state index in [9.17, 15) is 14.0 Å². The molecule has 188 valence electrons. The molecule has 0 radical (unpaired) electrons. The molecule has 4 rings (SSSR count). The van der Waals surface area contributed by atoms with E-state index in [2.05, 4.69) is 10.6 Å². The van der Waals surface area contributed by atoms with Crippen molar-refractivity contribution in [2.45, 2.75) is 10.1 Å². The van der Waals surface area contributed by atoms with E-state index in [4.69, 9.17) is 9.47 Å². The molecule has 2 N–H and O–H groups in total. The first-order valence-electron chi connectivity index (χ1n) is 11.4. The summed E-state index contributed by atoms with van der Waals surface area (Å²) in [5, 5.41) is 5.18. The summed E-state index contributed by atoms with van der Waals surface area (Å²) in [5.41, 5.74) is 2.38. The van der Waals surface area contributed by atoms with Crippen LogP contribution in [0.15, 0.2) is 102 Å². The van der Waals surface area contributed by atoms with E-state index in [0.717, 1.165) is 10.5 Å². The van der Waals surface area contributed by atoms with E-state index in [-0.39, 0.29) is 17.6 Å². The molecule has 8 heteroatoms. The van der Waals surface area contributed by atoms with Gasteiger partial charge in [-0.25, -0.2) is 4.39 Å². The first kappa shape index (κ1) is 25.8. The summed E-state index contributed by atoms with van der Waals surface area (Å²) >= 11 is 1.38. The number of rotatable bonds is 9. The molecule has 6 nitrogen and oxygen atoms in total. The van der Waals surface area contributed by atoms with Gasteiger partial charge in [0.05, 0.1) is 14.2 Å². The molecule has 1 atom stereocenters. The fourth-order valence-electron chi connectivity index (χ4n) is 3.58. The molecule has 2 amide bonds. The van der Waals surface area contributed by atoms with Crippen LogP contribution in [0.3, 0.4) is 0 Å². The maximum absolute atomic E-state index is 13.3. The number of hydrogen-bond acceptors (Lipinski definition) is 5. The average Bonchev–Trinajstić information content (AvgIpc) is 2.93. The van der Waals surface area contributed by atoms with Gasteiger partial charge in [0.15, 0.2) is 11.5 Å². The highest BCUT2D eigenvalue weighted by Gasteiger charge is 2.22. The van der Waals surface area contributed by atoms with Crippen LogP contribution in [0.25, 0.3) is 0 Å². The van der Waals surface area contributed by atoms with Crippen molar-refractivity contribution >= 4 is 35.0 Å². The molecule has 4 aromatic carbocycles. The van der Waals surface area contributed by atoms with Crippen LogP contribution in [0.2, 0.25) is 0 Å². The van der Waals surface area contributed by atoms with E-state index >= 15 is 0 Å². The summed E-state index contributed by atoms with van der Waals surface area (Å²) in [6.07, 6.45) is 0. The van der Waals surface area contributed by atoms with Crippen LogP contribution >= 0.6 is 11.8 Å². The summed E-state index contributed by atoms with van der Waals surface area (Å²) in [5.74, 6) is 0.116. The van der Waals surface area contributed by atoms with E-state index in [0.29, 0.717) is 28.4 Å². The van der Waals surface area contributed by atoms with E-state index in [1.165, 1.54) is 50.2 Å². The third-order valence-corrected chi connectivity index (χ3v) is 6.73. The highest BCUT2D eigenvalue weighted by molar-refractivity contribution is 8.00. The highest BCUT2D eigenvalue weighted by Crippen LogP contribution is 2.37. The molecule has 0 saturated heterocycles. The second-order valence-electron chi connectivity index (χ2n) is 7.95. The van der Waals surface area contributed by atoms with Gasteiger partial charge in [-0.05, 0) is 72.3 Å². The second kappa shape index (κ2) is 12.1. The van der Waals surface area contributed by atoms with E-state index in [1.807, 2.05) is 42.5 Å². The zero-order chi connectivity index (χ0) is 26.2. The number of benzene rings is 4. The van der Waals surface area contributed by atoms with Crippen LogP contribution < -0.4 is 20.1 Å². The zero-order valence-electron chi connectivity index (χ0n) is 20.2. The van der Waals surface area contributed by atoms with Crippen LogP contribution in [0.5, 0.6) is 11.5 Å². The predicted molar refractivity (Wildman–Crippen MR) is 144 cm³/mol. The Balaban J connectivity index is 1.47. The smallest absolute Gasteiger partial charge is 0.255 e. The third-order valence-electron chi connectivity index (χ3n) is 5.46. The van der Waals surface area contributed by atoms with Gasteiger partial charge in [0.1, 0.15) is 11.1 Å². The molecule has 0 fully saturated rings. The molecular formula is C29H25FN2O4S. The summed E-state index contributed by atoms with van der Waals surface area (Å²) in [6, 6.07) is 27.3. The molecule has 37 heavy (non-hydrogen) atoms. The van der Waals surface area contributed by atoms with Crippen molar-refractivity contribution < 1.29 is 23.5 Å². The molecule has 0 spiro atoms. The van der Waals surface area contributed by atoms with Gasteiger partial charge >= 0.3 is 0 Å². The maximum Gasteiger partial charge on any atom is 0.255 e. The Hall–Kier alpha value is -4.30. The minimum absolute atomic E-state index is 0.228. The summed E-state index contributed by atoms with van der Waals surface area (Å²) < 4.78 is 23.7. The van der Waals surface area contributed by atoms with Gasteiger partial charge in [-0.15, -0.1) is 11.8 Å². The van der Waals surface area contributed by atoms with Crippen molar-refractivity contribution in [3.8, 4) is 11.5 Å². The summed E-state index contributed by atoms with van der Waals surface area (Å²) in [4.78, 5) is 26.7. The molecule has 0 aromatic heterocycles. The Bertz CT molecular complexity index is 1360. The number of amides is 2. The minimum Gasteiger partial charge on any atom is -0.493 e. The number of hydrogen-bond donors (Lipinski definition) is 2. The zero-order valence-corrected chi connectivity index (χ0v) is 21.1. The average molecular weight is 517 g/mol. The molecule has 0 aliphatic carbocycles. The normalized spacial score (nSPS) is 11.3. The molecule has 0 aliphatic rings. The number of ether oxygens (including phenoxy) is 2. The van der Waals surface area contributed by atoms with Gasteiger partial charge in [-0.3, -0.25) is 9.59 Å². The Labute approximate surface area is 218 Å². The van der Waals surface area contributed by atoms with Crippen LogP contribution in [-0.4, -0.2) is 26.0 Å². The van der Waals surface area contributed by atoms with Gasteiger partial charge in [0.25, 0.3) is 5.91 Å².